The van der Waals surface area contributed by atoms with Crippen LogP contribution in [0.4, 0.5) is 5.69 Å². The fraction of sp³-hybridized carbons (Fsp3) is 0.552. The Labute approximate surface area is 205 Å². The van der Waals surface area contributed by atoms with Crippen molar-refractivity contribution in [2.75, 3.05) is 51.2 Å². The lowest BCUT2D eigenvalue weighted by Gasteiger charge is -2.41. The molecule has 0 spiro atoms. The minimum atomic E-state index is 0.141. The van der Waals surface area contributed by atoms with Crippen LogP contribution in [0, 0.1) is 0 Å². The molecule has 34 heavy (non-hydrogen) atoms. The molecule has 3 heterocycles. The zero-order chi connectivity index (χ0) is 23.3. The van der Waals surface area contributed by atoms with Crippen LogP contribution in [-0.2, 0) is 6.54 Å². The van der Waals surface area contributed by atoms with Gasteiger partial charge in [-0.25, -0.2) is 0 Å². The summed E-state index contributed by atoms with van der Waals surface area (Å²) in [5.41, 5.74) is 3.40. The highest BCUT2D eigenvalue weighted by molar-refractivity contribution is 5.94. The highest BCUT2D eigenvalue weighted by Crippen LogP contribution is 2.26. The van der Waals surface area contributed by atoms with Gasteiger partial charge in [0.05, 0.1) is 0 Å². The summed E-state index contributed by atoms with van der Waals surface area (Å²) < 4.78 is 0. The normalized spacial score (nSPS) is 22.7. The number of hydrogen-bond donors (Lipinski definition) is 0. The molecule has 0 unspecified atom stereocenters. The molecular weight excluding hydrogens is 420 g/mol. The van der Waals surface area contributed by atoms with Gasteiger partial charge in [0.25, 0.3) is 5.91 Å². The topological polar surface area (TPSA) is 30.0 Å². The third-order valence-electron chi connectivity index (χ3n) is 8.22. The highest BCUT2D eigenvalue weighted by Gasteiger charge is 2.29. The van der Waals surface area contributed by atoms with E-state index in [-0.39, 0.29) is 11.9 Å². The van der Waals surface area contributed by atoms with Gasteiger partial charge < -0.3 is 14.7 Å². The summed E-state index contributed by atoms with van der Waals surface area (Å²) in [7, 11) is 1.97. The van der Waals surface area contributed by atoms with E-state index in [1.165, 1.54) is 56.4 Å². The summed E-state index contributed by atoms with van der Waals surface area (Å²) >= 11 is 0. The Balaban J connectivity index is 1.12. The van der Waals surface area contributed by atoms with Gasteiger partial charge in [-0.1, -0.05) is 36.8 Å². The number of hydrogen-bond acceptors (Lipinski definition) is 4. The number of carbonyl (C=O) groups is 1. The van der Waals surface area contributed by atoms with Crippen molar-refractivity contribution in [3.05, 3.63) is 65.7 Å². The second kappa shape index (κ2) is 10.9. The molecule has 0 aliphatic carbocycles. The molecule has 3 aliphatic heterocycles. The second-order valence-electron chi connectivity index (χ2n) is 10.4. The first kappa shape index (κ1) is 23.4. The van der Waals surface area contributed by atoms with Crippen LogP contribution in [0.5, 0.6) is 0 Å². The van der Waals surface area contributed by atoms with Crippen LogP contribution >= 0.6 is 0 Å². The lowest BCUT2D eigenvalue weighted by molar-refractivity contribution is 0.0735. The Kier molecular flexibility index (Phi) is 7.51. The lowest BCUT2D eigenvalue weighted by Crippen LogP contribution is -2.46. The average molecular weight is 461 g/mol. The van der Waals surface area contributed by atoms with Gasteiger partial charge >= 0.3 is 0 Å². The predicted octanol–water partition coefficient (Wildman–Crippen LogP) is 4.49. The van der Waals surface area contributed by atoms with Crippen molar-refractivity contribution < 1.29 is 4.79 Å². The molecule has 0 bridgehead atoms. The smallest absolute Gasteiger partial charge is 0.253 e. The van der Waals surface area contributed by atoms with Gasteiger partial charge in [-0.3, -0.25) is 9.69 Å². The van der Waals surface area contributed by atoms with Crippen molar-refractivity contribution in [3.63, 3.8) is 0 Å². The van der Waals surface area contributed by atoms with E-state index < -0.39 is 0 Å². The van der Waals surface area contributed by atoms with Gasteiger partial charge in [0.1, 0.15) is 0 Å². The Morgan fingerprint density at radius 1 is 0.853 bits per heavy atom. The van der Waals surface area contributed by atoms with E-state index in [1.807, 2.05) is 24.1 Å². The molecule has 0 aromatic heterocycles. The van der Waals surface area contributed by atoms with Crippen LogP contribution in [-0.4, -0.2) is 79.0 Å². The molecule has 2 aromatic rings. The summed E-state index contributed by atoms with van der Waals surface area (Å²) in [6.07, 6.45) is 7.70. The summed E-state index contributed by atoms with van der Waals surface area (Å²) in [6.45, 7) is 7.77. The Morgan fingerprint density at radius 3 is 2.26 bits per heavy atom. The first-order chi connectivity index (χ1) is 16.7. The standard InChI is InChI=1S/C29H40N4O/c1-30(28-14-19-31(23-28)22-24-8-4-2-5-9-24)29(34)25-10-12-26(13-11-25)33-20-15-27(16-21-33)32-17-6-3-7-18-32/h2,4-5,8-13,27-28H,3,6-7,14-23H2,1H3/t28-/m1/s1. The third kappa shape index (κ3) is 5.47. The van der Waals surface area contributed by atoms with Gasteiger partial charge in [0.2, 0.25) is 0 Å². The van der Waals surface area contributed by atoms with Crippen LogP contribution < -0.4 is 4.90 Å². The van der Waals surface area contributed by atoms with Crippen LogP contribution in [0.3, 0.4) is 0 Å². The average Bonchev–Trinajstić information content (AvgIpc) is 3.37. The molecular formula is C29H40N4O. The number of likely N-dealkylation sites (N-methyl/N-ethyl adjacent to an activating group) is 1. The van der Waals surface area contributed by atoms with E-state index in [4.69, 9.17) is 0 Å². The van der Waals surface area contributed by atoms with Crippen LogP contribution in [0.25, 0.3) is 0 Å². The number of rotatable bonds is 6. The van der Waals surface area contributed by atoms with Crippen molar-refractivity contribution in [1.82, 2.24) is 14.7 Å². The van der Waals surface area contributed by atoms with Crippen LogP contribution in [0.15, 0.2) is 54.6 Å². The van der Waals surface area contributed by atoms with Gasteiger partial charge in [0.15, 0.2) is 0 Å². The third-order valence-corrected chi connectivity index (χ3v) is 8.22. The monoisotopic (exact) mass is 460 g/mol. The molecule has 3 aliphatic rings. The Bertz CT molecular complexity index is 917. The molecule has 5 rings (SSSR count). The Hall–Kier alpha value is -2.37. The van der Waals surface area contributed by atoms with E-state index in [1.54, 1.807) is 0 Å². The van der Waals surface area contributed by atoms with E-state index >= 15 is 0 Å². The van der Waals surface area contributed by atoms with Gasteiger partial charge in [0, 0.05) is 63.1 Å². The quantitative estimate of drug-likeness (QED) is 0.636. The molecule has 0 N–H and O–H groups in total. The van der Waals surface area contributed by atoms with Crippen LogP contribution in [0.1, 0.15) is 54.4 Å². The molecule has 0 radical (unpaired) electrons. The maximum absolute atomic E-state index is 13.2. The van der Waals surface area contributed by atoms with Crippen molar-refractivity contribution in [2.24, 2.45) is 0 Å². The molecule has 5 heteroatoms. The summed E-state index contributed by atoms with van der Waals surface area (Å²) in [4.78, 5) is 22.8. The SMILES string of the molecule is CN(C(=O)c1ccc(N2CCC(N3CCCCC3)CC2)cc1)[C@@H]1CCN(Cc2ccccc2)C1. The minimum absolute atomic E-state index is 0.141. The maximum Gasteiger partial charge on any atom is 0.253 e. The zero-order valence-electron chi connectivity index (χ0n) is 20.7. The number of piperidine rings is 2. The molecule has 3 fully saturated rings. The van der Waals surface area contributed by atoms with E-state index in [2.05, 4.69) is 57.2 Å². The second-order valence-corrected chi connectivity index (χ2v) is 10.4. The number of benzene rings is 2. The minimum Gasteiger partial charge on any atom is -0.371 e. The fourth-order valence-electron chi connectivity index (χ4n) is 6.07. The molecule has 1 atom stereocenters. The van der Waals surface area contributed by atoms with Crippen molar-refractivity contribution >= 4 is 11.6 Å². The Morgan fingerprint density at radius 2 is 1.56 bits per heavy atom. The predicted molar refractivity (Wildman–Crippen MR) is 139 cm³/mol. The van der Waals surface area contributed by atoms with Gasteiger partial charge in [-0.2, -0.15) is 0 Å². The zero-order valence-corrected chi connectivity index (χ0v) is 20.7. The number of nitrogens with zero attached hydrogens (tertiary/aromatic N) is 4. The summed E-state index contributed by atoms with van der Waals surface area (Å²) in [5.74, 6) is 0.141. The number of carbonyl (C=O) groups excluding carboxylic acids is 1. The largest absolute Gasteiger partial charge is 0.371 e. The van der Waals surface area contributed by atoms with Crippen molar-refractivity contribution in [2.45, 2.75) is 57.2 Å². The van der Waals surface area contributed by atoms with Crippen LogP contribution in [0.2, 0.25) is 0 Å². The van der Waals surface area contributed by atoms with Gasteiger partial charge in [-0.05, 0) is 75.0 Å². The highest BCUT2D eigenvalue weighted by atomic mass is 16.2. The first-order valence-electron chi connectivity index (χ1n) is 13.3. The molecule has 2 aromatic carbocycles. The number of likely N-dealkylation sites (tertiary alicyclic amines) is 2. The van der Waals surface area contributed by atoms with Gasteiger partial charge in [-0.15, -0.1) is 0 Å². The van der Waals surface area contributed by atoms with Crippen molar-refractivity contribution in [1.29, 1.82) is 0 Å². The molecule has 0 saturated carbocycles. The number of amides is 1. The molecule has 1 amide bonds. The lowest BCUT2D eigenvalue weighted by atomic mass is 9.99. The fourth-order valence-corrected chi connectivity index (χ4v) is 6.07. The maximum atomic E-state index is 13.2. The van der Waals surface area contributed by atoms with E-state index in [9.17, 15) is 4.79 Å². The van der Waals surface area contributed by atoms with E-state index in [0.717, 1.165) is 50.7 Å². The summed E-state index contributed by atoms with van der Waals surface area (Å²) in [5, 5.41) is 0. The first-order valence-corrected chi connectivity index (χ1v) is 13.3. The molecule has 5 nitrogen and oxygen atoms in total. The summed E-state index contributed by atoms with van der Waals surface area (Å²) in [6, 6.07) is 20.0. The molecule has 182 valence electrons. The molecule has 3 saturated heterocycles. The van der Waals surface area contributed by atoms with E-state index in [0.29, 0.717) is 0 Å². The number of anilines is 1. The van der Waals surface area contributed by atoms with Crippen molar-refractivity contribution in [3.8, 4) is 0 Å².